The van der Waals surface area contributed by atoms with Crippen LogP contribution in [0.4, 0.5) is 0 Å². The van der Waals surface area contributed by atoms with Gasteiger partial charge in [-0.25, -0.2) is 9.59 Å². The monoisotopic (exact) mass is 229 g/mol. The Kier molecular flexibility index (Phi) is 7.71. The molecule has 0 fully saturated rings. The fourth-order valence-electron chi connectivity index (χ4n) is 1.02. The molecule has 0 aromatic rings. The Morgan fingerprint density at radius 2 is 1.88 bits per heavy atom. The highest BCUT2D eigenvalue weighted by atomic mass is 16.5. The Morgan fingerprint density at radius 3 is 2.38 bits per heavy atom. The van der Waals surface area contributed by atoms with Crippen molar-refractivity contribution in [3.63, 3.8) is 0 Å². The molecule has 0 N–H and O–H groups in total. The quantitative estimate of drug-likeness (QED) is 0.362. The van der Waals surface area contributed by atoms with Crippen LogP contribution in [0.25, 0.3) is 0 Å². The lowest BCUT2D eigenvalue weighted by Gasteiger charge is -2.08. The van der Waals surface area contributed by atoms with Gasteiger partial charge in [0.05, 0.1) is 13.2 Å². The van der Waals surface area contributed by atoms with Crippen LogP contribution in [0.5, 0.6) is 0 Å². The van der Waals surface area contributed by atoms with E-state index in [2.05, 4.69) is 14.5 Å². The van der Waals surface area contributed by atoms with Gasteiger partial charge in [-0.3, -0.25) is 4.79 Å². The predicted molar refractivity (Wildman–Crippen MR) is 54.4 cm³/mol. The van der Waals surface area contributed by atoms with E-state index in [-0.39, 0.29) is 26.1 Å². The molecule has 0 rings (SSSR count). The van der Waals surface area contributed by atoms with E-state index in [0.717, 1.165) is 0 Å². The van der Waals surface area contributed by atoms with E-state index in [9.17, 15) is 14.4 Å². The molecule has 0 aliphatic heterocycles. The first kappa shape index (κ1) is 14.3. The van der Waals surface area contributed by atoms with Gasteiger partial charge in [-0.15, -0.1) is 0 Å². The number of hydrogen-bond acceptors (Lipinski definition) is 6. The highest BCUT2D eigenvalue weighted by Crippen LogP contribution is 2.05. The molecule has 1 unspecified atom stereocenters. The van der Waals surface area contributed by atoms with Gasteiger partial charge in [-0.2, -0.15) is 4.99 Å². The number of ether oxygens (including phenoxy) is 2. The molecule has 0 radical (unpaired) electrons. The fourth-order valence-corrected chi connectivity index (χ4v) is 1.02. The third-order valence-electron chi connectivity index (χ3n) is 1.69. The zero-order valence-corrected chi connectivity index (χ0v) is 9.39. The van der Waals surface area contributed by atoms with Gasteiger partial charge in [0, 0.05) is 6.42 Å². The van der Waals surface area contributed by atoms with Crippen molar-refractivity contribution in [3.8, 4) is 0 Å². The molecular formula is C10H15NO5. The van der Waals surface area contributed by atoms with Crippen LogP contribution < -0.4 is 0 Å². The molecule has 90 valence electrons. The van der Waals surface area contributed by atoms with Gasteiger partial charge in [0.15, 0.2) is 6.04 Å². The molecule has 0 saturated heterocycles. The maximum atomic E-state index is 11.3. The minimum absolute atomic E-state index is 0.0164. The summed E-state index contributed by atoms with van der Waals surface area (Å²) in [6, 6.07) is -0.971. The van der Waals surface area contributed by atoms with Gasteiger partial charge in [0.1, 0.15) is 0 Å². The highest BCUT2D eigenvalue weighted by Gasteiger charge is 2.20. The Hall–Kier alpha value is -1.68. The molecule has 1 atom stereocenters. The largest absolute Gasteiger partial charge is 0.466 e. The molecule has 6 nitrogen and oxygen atoms in total. The van der Waals surface area contributed by atoms with Crippen molar-refractivity contribution in [2.45, 2.75) is 32.7 Å². The molecular weight excluding hydrogens is 214 g/mol. The van der Waals surface area contributed by atoms with E-state index in [1.807, 2.05) is 0 Å². The van der Waals surface area contributed by atoms with Gasteiger partial charge in [-0.1, -0.05) is 0 Å². The van der Waals surface area contributed by atoms with E-state index >= 15 is 0 Å². The fraction of sp³-hybridized carbons (Fsp3) is 0.700. The number of esters is 2. The third-order valence-corrected chi connectivity index (χ3v) is 1.69. The number of carbonyl (C=O) groups excluding carboxylic acids is 3. The summed E-state index contributed by atoms with van der Waals surface area (Å²) in [5.74, 6) is -1.06. The molecule has 0 saturated carbocycles. The average molecular weight is 229 g/mol. The van der Waals surface area contributed by atoms with E-state index in [4.69, 9.17) is 0 Å². The van der Waals surface area contributed by atoms with Crippen molar-refractivity contribution in [3.05, 3.63) is 0 Å². The molecule has 0 aliphatic carbocycles. The highest BCUT2D eigenvalue weighted by molar-refractivity contribution is 5.78. The normalized spacial score (nSPS) is 11.1. The summed E-state index contributed by atoms with van der Waals surface area (Å²) in [5.41, 5.74) is 0. The molecule has 0 amide bonds. The molecule has 0 aromatic carbocycles. The van der Waals surface area contributed by atoms with Crippen LogP contribution >= 0.6 is 0 Å². The zero-order valence-electron chi connectivity index (χ0n) is 9.39. The Labute approximate surface area is 93.6 Å². The summed E-state index contributed by atoms with van der Waals surface area (Å²) in [5, 5.41) is 0. The lowest BCUT2D eigenvalue weighted by molar-refractivity contribution is -0.146. The van der Waals surface area contributed by atoms with Gasteiger partial charge in [-0.05, 0) is 20.3 Å². The number of isocyanates is 1. The van der Waals surface area contributed by atoms with Gasteiger partial charge >= 0.3 is 11.9 Å². The van der Waals surface area contributed by atoms with Crippen molar-refractivity contribution in [2.24, 2.45) is 4.99 Å². The summed E-state index contributed by atoms with van der Waals surface area (Å²) in [4.78, 5) is 35.6. The number of nitrogens with zero attached hydrogens (tertiary/aromatic N) is 1. The first-order valence-electron chi connectivity index (χ1n) is 5.04. The second-order valence-electron chi connectivity index (χ2n) is 2.83. The van der Waals surface area contributed by atoms with Crippen LogP contribution in [-0.2, 0) is 23.9 Å². The Balaban J connectivity index is 4.18. The molecule has 0 heterocycles. The Bertz CT molecular complexity index is 283. The molecule has 0 spiro atoms. The lowest BCUT2D eigenvalue weighted by atomic mass is 10.1. The minimum Gasteiger partial charge on any atom is -0.466 e. The van der Waals surface area contributed by atoms with E-state index in [0.29, 0.717) is 0 Å². The van der Waals surface area contributed by atoms with Crippen molar-refractivity contribution < 1.29 is 23.9 Å². The number of rotatable bonds is 7. The molecule has 16 heavy (non-hydrogen) atoms. The van der Waals surface area contributed by atoms with E-state index < -0.39 is 18.0 Å². The van der Waals surface area contributed by atoms with Crippen LogP contribution in [0.2, 0.25) is 0 Å². The maximum absolute atomic E-state index is 11.3. The number of aliphatic imine (C=N–C) groups is 1. The van der Waals surface area contributed by atoms with Crippen LogP contribution in [0.3, 0.4) is 0 Å². The van der Waals surface area contributed by atoms with E-state index in [1.54, 1.807) is 13.8 Å². The van der Waals surface area contributed by atoms with Gasteiger partial charge in [0.25, 0.3) is 0 Å². The van der Waals surface area contributed by atoms with Crippen LogP contribution in [0.15, 0.2) is 4.99 Å². The van der Waals surface area contributed by atoms with Crippen molar-refractivity contribution in [1.82, 2.24) is 0 Å². The zero-order chi connectivity index (χ0) is 12.4. The summed E-state index contributed by atoms with van der Waals surface area (Å²) in [7, 11) is 0. The molecule has 0 aliphatic rings. The molecule has 0 aromatic heterocycles. The molecule has 6 heteroatoms. The standard InChI is InChI=1S/C10H15NO5/c1-3-15-9(13)6-5-8(11-7-12)10(14)16-4-2/h8H,3-6H2,1-2H3. The molecule has 0 bridgehead atoms. The summed E-state index contributed by atoms with van der Waals surface area (Å²) < 4.78 is 9.36. The summed E-state index contributed by atoms with van der Waals surface area (Å²) in [6.07, 6.45) is 1.39. The third kappa shape index (κ3) is 5.93. The van der Waals surface area contributed by atoms with Crippen molar-refractivity contribution in [1.29, 1.82) is 0 Å². The second-order valence-corrected chi connectivity index (χ2v) is 2.83. The van der Waals surface area contributed by atoms with Gasteiger partial charge in [0.2, 0.25) is 6.08 Å². The minimum atomic E-state index is -0.971. The number of hydrogen-bond donors (Lipinski definition) is 0. The van der Waals surface area contributed by atoms with Crippen LogP contribution in [0, 0.1) is 0 Å². The summed E-state index contributed by atoms with van der Waals surface area (Å²) in [6.45, 7) is 3.80. The maximum Gasteiger partial charge on any atom is 0.331 e. The van der Waals surface area contributed by atoms with Crippen molar-refractivity contribution >= 4 is 18.0 Å². The number of carbonyl (C=O) groups is 2. The van der Waals surface area contributed by atoms with Crippen LogP contribution in [-0.4, -0.2) is 37.3 Å². The smallest absolute Gasteiger partial charge is 0.331 e. The van der Waals surface area contributed by atoms with Crippen LogP contribution in [0.1, 0.15) is 26.7 Å². The van der Waals surface area contributed by atoms with Crippen molar-refractivity contribution in [2.75, 3.05) is 13.2 Å². The SMILES string of the molecule is CCOC(=O)CCC(N=C=O)C(=O)OCC. The lowest BCUT2D eigenvalue weighted by Crippen LogP contribution is -2.22. The first-order valence-corrected chi connectivity index (χ1v) is 5.04. The summed E-state index contributed by atoms with van der Waals surface area (Å²) >= 11 is 0. The topological polar surface area (TPSA) is 82.0 Å². The predicted octanol–water partition coefficient (Wildman–Crippen LogP) is 0.597. The second kappa shape index (κ2) is 8.61. The Morgan fingerprint density at radius 1 is 1.25 bits per heavy atom. The first-order chi connectivity index (χ1) is 7.65. The average Bonchev–Trinajstić information content (AvgIpc) is 2.24. The van der Waals surface area contributed by atoms with E-state index in [1.165, 1.54) is 6.08 Å². The van der Waals surface area contributed by atoms with Gasteiger partial charge < -0.3 is 9.47 Å².